The van der Waals surface area contributed by atoms with Crippen LogP contribution in [0.25, 0.3) is 0 Å². The molecule has 0 saturated carbocycles. The highest BCUT2D eigenvalue weighted by molar-refractivity contribution is 7.99. The molecule has 5 nitrogen and oxygen atoms in total. The van der Waals surface area contributed by atoms with E-state index >= 15 is 0 Å². The third kappa shape index (κ3) is 4.28. The molecule has 1 atom stereocenters. The lowest BCUT2D eigenvalue weighted by atomic mass is 10.00. The van der Waals surface area contributed by atoms with Crippen LogP contribution in [-0.4, -0.2) is 32.5 Å². The molecular weight excluding hydrogens is 282 g/mol. The summed E-state index contributed by atoms with van der Waals surface area (Å²) in [6.07, 6.45) is 1.12. The molecular formula is C15H23N5S. The number of nitrogens with one attached hydrogen (secondary N) is 1. The smallest absolute Gasteiger partial charge is 0.209 e. The molecule has 0 spiro atoms. The van der Waals surface area contributed by atoms with Gasteiger partial charge in [0.05, 0.1) is 0 Å². The second-order valence-corrected chi connectivity index (χ2v) is 6.25. The molecule has 1 aromatic heterocycles. The molecule has 0 aliphatic heterocycles. The van der Waals surface area contributed by atoms with E-state index in [2.05, 4.69) is 59.8 Å². The van der Waals surface area contributed by atoms with E-state index in [1.165, 1.54) is 16.7 Å². The fourth-order valence-corrected chi connectivity index (χ4v) is 3.14. The molecule has 0 bridgehead atoms. The van der Waals surface area contributed by atoms with Gasteiger partial charge in [0.1, 0.15) is 0 Å². The Labute approximate surface area is 130 Å². The van der Waals surface area contributed by atoms with Gasteiger partial charge in [0.2, 0.25) is 5.16 Å². The molecule has 0 aliphatic rings. The van der Waals surface area contributed by atoms with Crippen molar-refractivity contribution in [3.63, 3.8) is 0 Å². The summed E-state index contributed by atoms with van der Waals surface area (Å²) < 4.78 is 1.71. The van der Waals surface area contributed by atoms with Crippen molar-refractivity contribution in [2.75, 3.05) is 12.3 Å². The molecule has 0 fully saturated rings. The van der Waals surface area contributed by atoms with Crippen molar-refractivity contribution in [3.05, 3.63) is 34.9 Å². The van der Waals surface area contributed by atoms with Crippen LogP contribution in [0, 0.1) is 13.8 Å². The van der Waals surface area contributed by atoms with Gasteiger partial charge in [0, 0.05) is 18.8 Å². The summed E-state index contributed by atoms with van der Waals surface area (Å²) in [4.78, 5) is 0. The zero-order chi connectivity index (χ0) is 15.2. The number of tetrazole rings is 1. The Morgan fingerprint density at radius 2 is 2.14 bits per heavy atom. The molecule has 0 radical (unpaired) electrons. The van der Waals surface area contributed by atoms with Crippen LogP contribution in [0.2, 0.25) is 0 Å². The lowest BCUT2D eigenvalue weighted by Gasteiger charge is -2.21. The summed E-state index contributed by atoms with van der Waals surface area (Å²) >= 11 is 1.69. The average molecular weight is 305 g/mol. The molecule has 0 aliphatic carbocycles. The summed E-state index contributed by atoms with van der Waals surface area (Å²) in [5.41, 5.74) is 3.99. The first-order valence-electron chi connectivity index (χ1n) is 7.27. The standard InChI is InChI=1S/C15H23N5S/c1-5-8-16-14(10-21-15-17-18-19-20(15)4)13-9-11(2)6-7-12(13)3/h6-7,9,14,16H,5,8,10H2,1-4H3. The first kappa shape index (κ1) is 16.0. The van der Waals surface area contributed by atoms with Crippen molar-refractivity contribution in [1.29, 1.82) is 0 Å². The largest absolute Gasteiger partial charge is 0.309 e. The minimum Gasteiger partial charge on any atom is -0.309 e. The van der Waals surface area contributed by atoms with Crippen LogP contribution in [0.5, 0.6) is 0 Å². The van der Waals surface area contributed by atoms with Gasteiger partial charge in [-0.3, -0.25) is 0 Å². The minimum atomic E-state index is 0.312. The molecule has 0 saturated heterocycles. The Kier molecular flexibility index (Phi) is 5.76. The van der Waals surface area contributed by atoms with E-state index in [1.807, 2.05) is 7.05 Å². The number of thioether (sulfide) groups is 1. The van der Waals surface area contributed by atoms with Gasteiger partial charge in [0.15, 0.2) is 0 Å². The zero-order valence-corrected chi connectivity index (χ0v) is 13.9. The van der Waals surface area contributed by atoms with Gasteiger partial charge < -0.3 is 5.32 Å². The van der Waals surface area contributed by atoms with E-state index < -0.39 is 0 Å². The number of hydrogen-bond donors (Lipinski definition) is 1. The molecule has 2 rings (SSSR count). The van der Waals surface area contributed by atoms with Crippen molar-refractivity contribution in [2.24, 2.45) is 7.05 Å². The predicted octanol–water partition coefficient (Wildman–Crippen LogP) is 2.66. The lowest BCUT2D eigenvalue weighted by molar-refractivity contribution is 0.573. The highest BCUT2D eigenvalue weighted by Crippen LogP contribution is 2.25. The van der Waals surface area contributed by atoms with E-state index in [4.69, 9.17) is 0 Å². The summed E-state index contributed by atoms with van der Waals surface area (Å²) in [5, 5.41) is 16.1. The number of benzene rings is 1. The van der Waals surface area contributed by atoms with Crippen molar-refractivity contribution in [3.8, 4) is 0 Å². The second-order valence-electron chi connectivity index (χ2n) is 5.26. The number of aryl methyl sites for hydroxylation is 3. The van der Waals surface area contributed by atoms with Crippen molar-refractivity contribution >= 4 is 11.8 Å². The van der Waals surface area contributed by atoms with Crippen LogP contribution in [0.3, 0.4) is 0 Å². The molecule has 1 heterocycles. The summed E-state index contributed by atoms with van der Waals surface area (Å²) in [6, 6.07) is 6.94. The van der Waals surface area contributed by atoms with Gasteiger partial charge in [-0.05, 0) is 48.4 Å². The first-order valence-corrected chi connectivity index (χ1v) is 8.26. The highest BCUT2D eigenvalue weighted by atomic mass is 32.2. The van der Waals surface area contributed by atoms with Gasteiger partial charge in [-0.2, -0.15) is 0 Å². The molecule has 1 N–H and O–H groups in total. The Bertz CT molecular complexity index is 581. The van der Waals surface area contributed by atoms with Gasteiger partial charge >= 0.3 is 0 Å². The number of aromatic nitrogens is 4. The van der Waals surface area contributed by atoms with Crippen LogP contribution in [-0.2, 0) is 7.05 Å². The zero-order valence-electron chi connectivity index (χ0n) is 13.1. The van der Waals surface area contributed by atoms with Crippen molar-refractivity contribution in [2.45, 2.75) is 38.4 Å². The quantitative estimate of drug-likeness (QED) is 0.797. The first-order chi connectivity index (χ1) is 10.1. The monoisotopic (exact) mass is 305 g/mol. The van der Waals surface area contributed by atoms with Crippen LogP contribution >= 0.6 is 11.8 Å². The van der Waals surface area contributed by atoms with Crippen molar-refractivity contribution in [1.82, 2.24) is 25.5 Å². The minimum absolute atomic E-state index is 0.312. The molecule has 0 amide bonds. The van der Waals surface area contributed by atoms with E-state index in [0.29, 0.717) is 6.04 Å². The molecule has 2 aromatic rings. The topological polar surface area (TPSA) is 55.6 Å². The molecule has 1 unspecified atom stereocenters. The van der Waals surface area contributed by atoms with Gasteiger partial charge in [-0.25, -0.2) is 4.68 Å². The van der Waals surface area contributed by atoms with Crippen LogP contribution in [0.1, 0.15) is 36.1 Å². The molecule has 1 aromatic carbocycles. The Hall–Kier alpha value is -1.40. The maximum absolute atomic E-state index is 4.04. The molecule has 6 heteroatoms. The summed E-state index contributed by atoms with van der Waals surface area (Å²) in [6.45, 7) is 7.51. The Morgan fingerprint density at radius 3 is 2.81 bits per heavy atom. The third-order valence-electron chi connectivity index (χ3n) is 3.41. The Balaban J connectivity index is 2.13. The summed E-state index contributed by atoms with van der Waals surface area (Å²) in [5.74, 6) is 0.915. The van der Waals surface area contributed by atoms with E-state index in [1.54, 1.807) is 16.4 Å². The molecule has 21 heavy (non-hydrogen) atoms. The van der Waals surface area contributed by atoms with Gasteiger partial charge in [0.25, 0.3) is 0 Å². The fourth-order valence-electron chi connectivity index (χ4n) is 2.21. The second kappa shape index (κ2) is 7.56. The van der Waals surface area contributed by atoms with Crippen molar-refractivity contribution < 1.29 is 0 Å². The summed E-state index contributed by atoms with van der Waals surface area (Å²) in [7, 11) is 1.87. The molecule has 114 valence electrons. The van der Waals surface area contributed by atoms with E-state index in [-0.39, 0.29) is 0 Å². The normalized spacial score (nSPS) is 12.6. The maximum Gasteiger partial charge on any atom is 0.209 e. The van der Waals surface area contributed by atoms with Gasteiger partial charge in [-0.1, -0.05) is 42.4 Å². The third-order valence-corrected chi connectivity index (χ3v) is 4.52. The average Bonchev–Trinajstić information content (AvgIpc) is 2.87. The predicted molar refractivity (Wildman–Crippen MR) is 86.5 cm³/mol. The fraction of sp³-hybridized carbons (Fsp3) is 0.533. The maximum atomic E-state index is 4.04. The number of hydrogen-bond acceptors (Lipinski definition) is 5. The lowest BCUT2D eigenvalue weighted by Crippen LogP contribution is -2.25. The van der Waals surface area contributed by atoms with E-state index in [0.717, 1.165) is 23.9 Å². The Morgan fingerprint density at radius 1 is 1.33 bits per heavy atom. The van der Waals surface area contributed by atoms with Crippen LogP contribution < -0.4 is 5.32 Å². The number of rotatable bonds is 7. The van der Waals surface area contributed by atoms with Crippen LogP contribution in [0.4, 0.5) is 0 Å². The number of nitrogens with zero attached hydrogens (tertiary/aromatic N) is 4. The van der Waals surface area contributed by atoms with Crippen LogP contribution in [0.15, 0.2) is 23.4 Å². The SMILES string of the molecule is CCCNC(CSc1nnnn1C)c1cc(C)ccc1C. The van der Waals surface area contributed by atoms with E-state index in [9.17, 15) is 0 Å². The van der Waals surface area contributed by atoms with Gasteiger partial charge in [-0.15, -0.1) is 5.10 Å². The highest BCUT2D eigenvalue weighted by Gasteiger charge is 2.15.